The van der Waals surface area contributed by atoms with Crippen LogP contribution >= 0.6 is 11.3 Å². The molecular weight excluding hydrogens is 464 g/mol. The lowest BCUT2D eigenvalue weighted by atomic mass is 10.2. The van der Waals surface area contributed by atoms with E-state index in [1.54, 1.807) is 46.4 Å². The first-order valence-electron chi connectivity index (χ1n) is 10.5. The molecule has 10 nitrogen and oxygen atoms in total. The molecule has 0 aliphatic rings. The summed E-state index contributed by atoms with van der Waals surface area (Å²) in [4.78, 5) is 25.7. The Labute approximate surface area is 203 Å². The third-order valence-corrected chi connectivity index (χ3v) is 5.85. The standard InChI is InChI=1S/C24H18N8O2S/c33-22(26-27-24(34)17-8-11-20(12-9-17)32-16-25-29-30-32)13-10-18-15-31(19-5-2-1-3-6-19)28-23(18)21-7-4-14-35-21/h1-16H,(H,26,33)(H,27,34)/b13-10+. The number of hydrazine groups is 1. The van der Waals surface area contributed by atoms with E-state index in [0.717, 1.165) is 21.8 Å². The van der Waals surface area contributed by atoms with Crippen LogP contribution < -0.4 is 10.9 Å². The normalized spacial score (nSPS) is 11.0. The highest BCUT2D eigenvalue weighted by Gasteiger charge is 2.12. The zero-order chi connectivity index (χ0) is 24.0. The second-order valence-corrected chi connectivity index (χ2v) is 8.22. The quantitative estimate of drug-likeness (QED) is 0.284. The Morgan fingerprint density at radius 1 is 0.886 bits per heavy atom. The van der Waals surface area contributed by atoms with Crippen LogP contribution in [0.25, 0.3) is 28.0 Å². The molecule has 0 aliphatic heterocycles. The number of carbonyl (C=O) groups excluding carboxylic acids is 2. The number of nitrogens with one attached hydrogen (secondary N) is 2. The molecule has 35 heavy (non-hydrogen) atoms. The van der Waals surface area contributed by atoms with Crippen molar-refractivity contribution in [3.8, 4) is 21.9 Å². The van der Waals surface area contributed by atoms with Gasteiger partial charge in [-0.25, -0.2) is 9.36 Å². The van der Waals surface area contributed by atoms with E-state index in [9.17, 15) is 9.59 Å². The molecule has 0 spiro atoms. The van der Waals surface area contributed by atoms with Crippen LogP contribution in [0.5, 0.6) is 0 Å². The lowest BCUT2D eigenvalue weighted by Crippen LogP contribution is -2.40. The molecule has 0 fully saturated rings. The first-order chi connectivity index (χ1) is 17.2. The first kappa shape index (κ1) is 21.9. The molecule has 0 radical (unpaired) electrons. The highest BCUT2D eigenvalue weighted by Crippen LogP contribution is 2.28. The van der Waals surface area contributed by atoms with Crippen LogP contribution in [0.1, 0.15) is 15.9 Å². The predicted molar refractivity (Wildman–Crippen MR) is 131 cm³/mol. The Morgan fingerprint density at radius 3 is 2.40 bits per heavy atom. The molecule has 2 N–H and O–H groups in total. The number of nitrogens with zero attached hydrogens (tertiary/aromatic N) is 6. The zero-order valence-electron chi connectivity index (χ0n) is 18.1. The molecule has 3 heterocycles. The molecule has 5 aromatic rings. The summed E-state index contributed by atoms with van der Waals surface area (Å²) < 4.78 is 3.24. The van der Waals surface area contributed by atoms with Crippen LogP contribution in [0.4, 0.5) is 0 Å². The smallest absolute Gasteiger partial charge is 0.268 e. The van der Waals surface area contributed by atoms with Gasteiger partial charge in [-0.3, -0.25) is 20.4 Å². The zero-order valence-corrected chi connectivity index (χ0v) is 19.0. The Bertz CT molecular complexity index is 1460. The summed E-state index contributed by atoms with van der Waals surface area (Å²) in [5.74, 6) is -0.931. The lowest BCUT2D eigenvalue weighted by molar-refractivity contribution is -0.117. The van der Waals surface area contributed by atoms with E-state index in [2.05, 4.69) is 26.4 Å². The van der Waals surface area contributed by atoms with Crippen molar-refractivity contribution in [2.45, 2.75) is 0 Å². The minimum atomic E-state index is -0.478. The highest BCUT2D eigenvalue weighted by atomic mass is 32.1. The molecule has 0 unspecified atom stereocenters. The van der Waals surface area contributed by atoms with Gasteiger partial charge in [-0.05, 0) is 64.3 Å². The third-order valence-electron chi connectivity index (χ3n) is 4.97. The van der Waals surface area contributed by atoms with Crippen molar-refractivity contribution in [3.05, 3.63) is 102 Å². The maximum atomic E-state index is 12.4. The number of hydrogen-bond donors (Lipinski definition) is 2. The van der Waals surface area contributed by atoms with Crippen LogP contribution in [0.15, 0.2) is 90.7 Å². The summed E-state index contributed by atoms with van der Waals surface area (Å²) >= 11 is 1.57. The van der Waals surface area contributed by atoms with E-state index in [1.807, 2.05) is 54.0 Å². The van der Waals surface area contributed by atoms with Crippen molar-refractivity contribution in [2.75, 3.05) is 0 Å². The number of benzene rings is 2. The topological polar surface area (TPSA) is 120 Å². The summed E-state index contributed by atoms with van der Waals surface area (Å²) in [6.07, 6.45) is 6.34. The van der Waals surface area contributed by atoms with Gasteiger partial charge in [0.2, 0.25) is 0 Å². The van der Waals surface area contributed by atoms with Crippen LogP contribution in [0.2, 0.25) is 0 Å². The van der Waals surface area contributed by atoms with Gasteiger partial charge in [0.25, 0.3) is 11.8 Å². The van der Waals surface area contributed by atoms with Gasteiger partial charge in [0.1, 0.15) is 12.0 Å². The number of para-hydroxylation sites is 1. The van der Waals surface area contributed by atoms with Crippen molar-refractivity contribution in [1.29, 1.82) is 0 Å². The summed E-state index contributed by atoms with van der Waals surface area (Å²) in [7, 11) is 0. The minimum absolute atomic E-state index is 0.371. The van der Waals surface area contributed by atoms with Gasteiger partial charge in [0.05, 0.1) is 16.3 Å². The van der Waals surface area contributed by atoms with Gasteiger partial charge in [0.15, 0.2) is 0 Å². The highest BCUT2D eigenvalue weighted by molar-refractivity contribution is 7.13. The predicted octanol–water partition coefficient (Wildman–Crippen LogP) is 3.05. The van der Waals surface area contributed by atoms with Gasteiger partial charge in [-0.15, -0.1) is 16.4 Å². The maximum absolute atomic E-state index is 12.4. The van der Waals surface area contributed by atoms with Gasteiger partial charge < -0.3 is 0 Å². The van der Waals surface area contributed by atoms with Gasteiger partial charge in [0, 0.05) is 23.4 Å². The van der Waals surface area contributed by atoms with E-state index in [0.29, 0.717) is 11.3 Å². The van der Waals surface area contributed by atoms with Crippen LogP contribution in [0.3, 0.4) is 0 Å². The summed E-state index contributed by atoms with van der Waals surface area (Å²) in [6, 6.07) is 20.3. The summed E-state index contributed by atoms with van der Waals surface area (Å²) in [5, 5.41) is 17.6. The molecule has 0 saturated carbocycles. The Balaban J connectivity index is 1.25. The molecule has 3 aromatic heterocycles. The van der Waals surface area contributed by atoms with Crippen molar-refractivity contribution in [2.24, 2.45) is 0 Å². The SMILES string of the molecule is O=C(/C=C/c1cn(-c2ccccc2)nc1-c1cccs1)NNC(=O)c1ccc(-n2cnnn2)cc1. The summed E-state index contributed by atoms with van der Waals surface area (Å²) in [6.45, 7) is 0. The van der Waals surface area contributed by atoms with Crippen LogP contribution in [0, 0.1) is 0 Å². The fourth-order valence-electron chi connectivity index (χ4n) is 3.27. The number of hydrogen-bond acceptors (Lipinski definition) is 7. The van der Waals surface area contributed by atoms with Crippen molar-refractivity contribution >= 4 is 29.2 Å². The van der Waals surface area contributed by atoms with E-state index in [4.69, 9.17) is 5.10 Å². The van der Waals surface area contributed by atoms with Crippen molar-refractivity contribution < 1.29 is 9.59 Å². The van der Waals surface area contributed by atoms with Crippen molar-refractivity contribution in [3.63, 3.8) is 0 Å². The second-order valence-electron chi connectivity index (χ2n) is 7.27. The van der Waals surface area contributed by atoms with E-state index >= 15 is 0 Å². The average molecular weight is 483 g/mol. The molecule has 172 valence electrons. The van der Waals surface area contributed by atoms with E-state index in [-0.39, 0.29) is 0 Å². The molecule has 2 aromatic carbocycles. The molecule has 0 atom stereocenters. The molecule has 5 rings (SSSR count). The van der Waals surface area contributed by atoms with Gasteiger partial charge in [-0.1, -0.05) is 24.3 Å². The number of carbonyl (C=O) groups is 2. The fraction of sp³-hybridized carbons (Fsp3) is 0. The Hall–Kier alpha value is -4.90. The monoisotopic (exact) mass is 482 g/mol. The number of aromatic nitrogens is 6. The Morgan fingerprint density at radius 2 is 1.69 bits per heavy atom. The largest absolute Gasteiger partial charge is 0.269 e. The van der Waals surface area contributed by atoms with Gasteiger partial charge in [-0.2, -0.15) is 5.10 Å². The third kappa shape index (κ3) is 5.04. The average Bonchev–Trinajstić information content (AvgIpc) is 3.68. The number of rotatable bonds is 6. The Kier molecular flexibility index (Phi) is 6.22. The number of amides is 2. The number of thiophene rings is 1. The first-order valence-corrected chi connectivity index (χ1v) is 11.4. The van der Waals surface area contributed by atoms with Crippen molar-refractivity contribution in [1.82, 2.24) is 40.8 Å². The maximum Gasteiger partial charge on any atom is 0.269 e. The summed E-state index contributed by atoms with van der Waals surface area (Å²) in [5.41, 5.74) is 8.33. The minimum Gasteiger partial charge on any atom is -0.268 e. The number of tetrazole rings is 1. The van der Waals surface area contributed by atoms with E-state index < -0.39 is 11.8 Å². The molecule has 11 heteroatoms. The second kappa shape index (κ2) is 9.93. The lowest BCUT2D eigenvalue weighted by Gasteiger charge is -2.06. The molecule has 0 bridgehead atoms. The van der Waals surface area contributed by atoms with Crippen LogP contribution in [-0.2, 0) is 4.79 Å². The van der Waals surface area contributed by atoms with Gasteiger partial charge >= 0.3 is 0 Å². The fourth-order valence-corrected chi connectivity index (χ4v) is 4.00. The molecule has 2 amide bonds. The molecular formula is C24H18N8O2S. The molecule has 0 aliphatic carbocycles. The molecule has 0 saturated heterocycles. The van der Waals surface area contributed by atoms with E-state index in [1.165, 1.54) is 17.1 Å². The van der Waals surface area contributed by atoms with Crippen LogP contribution in [-0.4, -0.2) is 41.8 Å².